The molecule has 0 aromatic rings. The summed E-state index contributed by atoms with van der Waals surface area (Å²) < 4.78 is 5.03. The molecule has 2 fully saturated rings. The average Bonchev–Trinajstić information content (AvgIpc) is 3.32. The standard InChI is InChI=1S/C13H21NO4.C9H14N2O4/c1-3-7-18-13(17)11(14-9(2)15)8-10-5-4-6-12(10)16;10-9(15)11-6(8(13)14)4-5-2-1-3-7(5)12/h10-11H,3-8H2,1-2H3,(H,14,15);5-6H,1-4H2,(H,13,14)(H3,10,11,15). The third-order valence-corrected chi connectivity index (χ3v) is 5.63. The summed E-state index contributed by atoms with van der Waals surface area (Å²) >= 11 is 0. The van der Waals surface area contributed by atoms with Crippen LogP contribution in [-0.2, 0) is 28.7 Å². The van der Waals surface area contributed by atoms with Gasteiger partial charge in [0, 0.05) is 31.6 Å². The number of Topliss-reactive ketones (excluding diaryl/α,β-unsaturated/α-hetero) is 2. The molecular formula is C22H35N3O8. The maximum absolute atomic E-state index is 11.8. The Labute approximate surface area is 193 Å². The number of carboxylic acid groups (broad SMARTS) is 1. The lowest BCUT2D eigenvalue weighted by Crippen LogP contribution is -2.44. The summed E-state index contributed by atoms with van der Waals surface area (Å²) in [7, 11) is 0. The van der Waals surface area contributed by atoms with Crippen molar-refractivity contribution < 1.29 is 38.6 Å². The van der Waals surface area contributed by atoms with E-state index >= 15 is 0 Å². The summed E-state index contributed by atoms with van der Waals surface area (Å²) in [6.45, 7) is 3.60. The van der Waals surface area contributed by atoms with E-state index in [0.717, 1.165) is 25.7 Å². The Bertz CT molecular complexity index is 739. The van der Waals surface area contributed by atoms with Crippen molar-refractivity contribution in [2.24, 2.45) is 17.6 Å². The van der Waals surface area contributed by atoms with Gasteiger partial charge in [0.25, 0.3) is 0 Å². The number of carboxylic acids is 1. The average molecular weight is 470 g/mol. The smallest absolute Gasteiger partial charge is 0.328 e. The largest absolute Gasteiger partial charge is 0.480 e. The van der Waals surface area contributed by atoms with Crippen molar-refractivity contribution >= 4 is 35.4 Å². The van der Waals surface area contributed by atoms with E-state index in [0.29, 0.717) is 32.3 Å². The van der Waals surface area contributed by atoms with Crippen molar-refractivity contribution in [3.05, 3.63) is 0 Å². The number of esters is 1. The van der Waals surface area contributed by atoms with E-state index < -0.39 is 30.1 Å². The van der Waals surface area contributed by atoms with Gasteiger partial charge in [0.15, 0.2) is 0 Å². The minimum Gasteiger partial charge on any atom is -0.480 e. The van der Waals surface area contributed by atoms with Crippen LogP contribution in [0.25, 0.3) is 0 Å². The summed E-state index contributed by atoms with van der Waals surface area (Å²) in [5, 5.41) is 13.5. The molecular weight excluding hydrogens is 434 g/mol. The Kier molecular flexibility index (Phi) is 12.1. The van der Waals surface area contributed by atoms with Gasteiger partial charge in [-0.25, -0.2) is 14.4 Å². The zero-order chi connectivity index (χ0) is 25.0. The summed E-state index contributed by atoms with van der Waals surface area (Å²) in [6, 6.07) is -2.64. The zero-order valence-electron chi connectivity index (χ0n) is 19.3. The summed E-state index contributed by atoms with van der Waals surface area (Å²) in [5.41, 5.74) is 4.84. The first-order valence-electron chi connectivity index (χ1n) is 11.3. The van der Waals surface area contributed by atoms with Crippen LogP contribution in [0.1, 0.15) is 71.6 Å². The minimum atomic E-state index is -1.16. The van der Waals surface area contributed by atoms with Crippen molar-refractivity contribution in [1.82, 2.24) is 10.6 Å². The van der Waals surface area contributed by atoms with Gasteiger partial charge in [-0.3, -0.25) is 14.4 Å². The van der Waals surface area contributed by atoms with E-state index in [4.69, 9.17) is 15.6 Å². The van der Waals surface area contributed by atoms with Crippen molar-refractivity contribution in [3.8, 4) is 0 Å². The fourth-order valence-electron chi connectivity index (χ4n) is 4.00. The molecule has 0 aromatic carbocycles. The van der Waals surface area contributed by atoms with Crippen LogP contribution in [0.2, 0.25) is 0 Å². The molecule has 11 heteroatoms. The number of amides is 3. The summed E-state index contributed by atoms with van der Waals surface area (Å²) in [4.78, 5) is 67.0. The summed E-state index contributed by atoms with van der Waals surface area (Å²) in [6.07, 6.45) is 5.50. The Morgan fingerprint density at radius 3 is 1.88 bits per heavy atom. The normalized spacial score (nSPS) is 21.4. The summed E-state index contributed by atoms with van der Waals surface area (Å²) in [5.74, 6) is -1.98. The number of aliphatic carboxylic acids is 1. The van der Waals surface area contributed by atoms with E-state index in [1.54, 1.807) is 0 Å². The van der Waals surface area contributed by atoms with Gasteiger partial charge in [0.05, 0.1) is 6.61 Å². The Hall–Kier alpha value is -2.98. The predicted molar refractivity (Wildman–Crippen MR) is 117 cm³/mol. The molecule has 33 heavy (non-hydrogen) atoms. The molecule has 4 atom stereocenters. The lowest BCUT2D eigenvalue weighted by molar-refractivity contribution is -0.148. The first-order valence-corrected chi connectivity index (χ1v) is 11.3. The quantitative estimate of drug-likeness (QED) is 0.343. The Morgan fingerprint density at radius 2 is 1.52 bits per heavy atom. The molecule has 3 amide bonds. The molecule has 0 radical (unpaired) electrons. The van der Waals surface area contributed by atoms with Gasteiger partial charge in [-0.1, -0.05) is 6.92 Å². The molecule has 0 saturated heterocycles. The maximum atomic E-state index is 11.8. The molecule has 11 nitrogen and oxygen atoms in total. The zero-order valence-corrected chi connectivity index (χ0v) is 19.3. The van der Waals surface area contributed by atoms with Crippen LogP contribution < -0.4 is 16.4 Å². The van der Waals surface area contributed by atoms with Gasteiger partial charge < -0.3 is 26.2 Å². The number of ether oxygens (including phenoxy) is 1. The van der Waals surface area contributed by atoms with E-state index in [9.17, 15) is 28.8 Å². The molecule has 0 heterocycles. The number of carbonyl (C=O) groups excluding carboxylic acids is 5. The van der Waals surface area contributed by atoms with E-state index in [1.807, 2.05) is 6.92 Å². The number of nitrogens with one attached hydrogen (secondary N) is 2. The SMILES string of the molecule is CCCOC(=O)C(CC1CCCC1=O)NC(C)=O.NC(=O)NC(CC1CCCC1=O)C(=O)O. The van der Waals surface area contributed by atoms with Crippen LogP contribution in [0.5, 0.6) is 0 Å². The highest BCUT2D eigenvalue weighted by molar-refractivity contribution is 5.87. The van der Waals surface area contributed by atoms with Crippen LogP contribution >= 0.6 is 0 Å². The predicted octanol–water partition coefficient (Wildman–Crippen LogP) is 1.07. The van der Waals surface area contributed by atoms with Gasteiger partial charge in [0.2, 0.25) is 5.91 Å². The maximum Gasteiger partial charge on any atom is 0.328 e. The number of nitrogens with two attached hydrogens (primary N) is 1. The van der Waals surface area contributed by atoms with Gasteiger partial charge >= 0.3 is 18.0 Å². The second-order valence-corrected chi connectivity index (χ2v) is 8.40. The highest BCUT2D eigenvalue weighted by Crippen LogP contribution is 2.26. The van der Waals surface area contributed by atoms with Gasteiger partial charge in [-0.15, -0.1) is 0 Å². The highest BCUT2D eigenvalue weighted by atomic mass is 16.5. The molecule has 4 unspecified atom stereocenters. The Balaban J connectivity index is 0.000000335. The van der Waals surface area contributed by atoms with Crippen LogP contribution in [0.3, 0.4) is 0 Å². The minimum absolute atomic E-state index is 0.0764. The molecule has 2 rings (SSSR count). The third-order valence-electron chi connectivity index (χ3n) is 5.63. The lowest BCUT2D eigenvalue weighted by atomic mass is 9.97. The fourth-order valence-corrected chi connectivity index (χ4v) is 4.00. The number of carbonyl (C=O) groups is 6. The van der Waals surface area contributed by atoms with Gasteiger partial charge in [0.1, 0.15) is 23.7 Å². The molecule has 2 saturated carbocycles. The van der Waals surface area contributed by atoms with Crippen molar-refractivity contribution in [1.29, 1.82) is 0 Å². The molecule has 0 aromatic heterocycles. The number of urea groups is 1. The molecule has 0 aliphatic heterocycles. The highest BCUT2D eigenvalue weighted by Gasteiger charge is 2.32. The third kappa shape index (κ3) is 10.5. The fraction of sp³-hybridized carbons (Fsp3) is 0.727. The van der Waals surface area contributed by atoms with Crippen molar-refractivity contribution in [2.75, 3.05) is 6.61 Å². The lowest BCUT2D eigenvalue weighted by Gasteiger charge is -2.19. The number of hydrogen-bond acceptors (Lipinski definition) is 7. The van der Waals surface area contributed by atoms with Crippen LogP contribution in [0.4, 0.5) is 4.79 Å². The molecule has 2 aliphatic carbocycles. The molecule has 0 spiro atoms. The van der Waals surface area contributed by atoms with Crippen molar-refractivity contribution in [3.63, 3.8) is 0 Å². The molecule has 2 aliphatic rings. The van der Waals surface area contributed by atoms with Crippen LogP contribution in [0, 0.1) is 11.8 Å². The second kappa shape index (κ2) is 14.2. The van der Waals surface area contributed by atoms with E-state index in [2.05, 4.69) is 10.6 Å². The topological polar surface area (TPSA) is 182 Å². The van der Waals surface area contributed by atoms with Crippen molar-refractivity contribution in [2.45, 2.75) is 83.7 Å². The first kappa shape index (κ1) is 28.1. The number of primary amides is 1. The monoisotopic (exact) mass is 469 g/mol. The van der Waals surface area contributed by atoms with E-state index in [1.165, 1.54) is 6.92 Å². The first-order chi connectivity index (χ1) is 15.5. The van der Waals surface area contributed by atoms with Crippen LogP contribution in [0.15, 0.2) is 0 Å². The Morgan fingerprint density at radius 1 is 1.00 bits per heavy atom. The number of ketones is 2. The molecule has 186 valence electrons. The molecule has 5 N–H and O–H groups in total. The van der Waals surface area contributed by atoms with E-state index in [-0.39, 0.29) is 35.7 Å². The van der Waals surface area contributed by atoms with Gasteiger partial charge in [-0.2, -0.15) is 0 Å². The second-order valence-electron chi connectivity index (χ2n) is 8.40. The van der Waals surface area contributed by atoms with Crippen LogP contribution in [-0.4, -0.2) is 59.2 Å². The number of hydrogen-bond donors (Lipinski definition) is 4. The number of rotatable bonds is 10. The van der Waals surface area contributed by atoms with Gasteiger partial charge in [-0.05, 0) is 44.9 Å². The molecule has 0 bridgehead atoms.